The maximum Gasteiger partial charge on any atom is 0.235 e. The first-order chi connectivity index (χ1) is 8.52. The fourth-order valence-electron chi connectivity index (χ4n) is 2.05. The molecule has 0 aliphatic rings. The number of hydrogen-bond acceptors (Lipinski definition) is 3. The summed E-state index contributed by atoms with van der Waals surface area (Å²) >= 11 is 0. The number of benzene rings is 1. The third-order valence-electron chi connectivity index (χ3n) is 2.96. The van der Waals surface area contributed by atoms with Gasteiger partial charge in [0.05, 0.1) is 6.54 Å². The summed E-state index contributed by atoms with van der Waals surface area (Å²) in [5.41, 5.74) is 2.29. The second kappa shape index (κ2) is 4.71. The molecule has 0 saturated heterocycles. The second-order valence-corrected chi connectivity index (χ2v) is 5.40. The van der Waals surface area contributed by atoms with Gasteiger partial charge in [-0.2, -0.15) is 0 Å². The van der Waals surface area contributed by atoms with Gasteiger partial charge in [0, 0.05) is 17.8 Å². The van der Waals surface area contributed by atoms with Crippen LogP contribution in [0.5, 0.6) is 0 Å². The molecule has 0 saturated carbocycles. The average Bonchev–Trinajstić information content (AvgIpc) is 2.34. The average molecular weight is 240 g/mol. The molecule has 0 amide bonds. The largest absolute Gasteiger partial charge is 0.264 e. The predicted octanol–water partition coefficient (Wildman–Crippen LogP) is 3.37. The lowest BCUT2D eigenvalue weighted by atomic mass is 9.85. The van der Waals surface area contributed by atoms with Crippen molar-refractivity contribution in [2.24, 2.45) is 4.99 Å². The molecule has 18 heavy (non-hydrogen) atoms. The standard InChI is InChI=1S/C15H16N2O/c1-15(2,3)14-9-16-8-12-6-11(7-17-10-18)4-5-13(12)14/h4-6,8-9H,7H2,1-3H3. The molecule has 0 unspecified atom stereocenters. The number of hydrogen-bond donors (Lipinski definition) is 0. The molecule has 0 atom stereocenters. The molecule has 0 fully saturated rings. The highest BCUT2D eigenvalue weighted by molar-refractivity contribution is 5.86. The number of pyridine rings is 1. The molecule has 0 radical (unpaired) electrons. The van der Waals surface area contributed by atoms with Crippen LogP contribution in [0, 0.1) is 0 Å². The SMILES string of the molecule is CC(C)(C)c1cncc2cc(CN=C=O)ccc12. The molecule has 0 N–H and O–H groups in total. The summed E-state index contributed by atoms with van der Waals surface area (Å²) in [7, 11) is 0. The fraction of sp³-hybridized carbons (Fsp3) is 0.333. The maximum absolute atomic E-state index is 10.1. The lowest BCUT2D eigenvalue weighted by Gasteiger charge is -2.20. The van der Waals surface area contributed by atoms with Crippen LogP contribution in [-0.4, -0.2) is 11.1 Å². The van der Waals surface area contributed by atoms with Crippen LogP contribution in [0.3, 0.4) is 0 Å². The van der Waals surface area contributed by atoms with E-state index in [9.17, 15) is 4.79 Å². The van der Waals surface area contributed by atoms with Crippen LogP contribution in [-0.2, 0) is 16.8 Å². The van der Waals surface area contributed by atoms with Gasteiger partial charge >= 0.3 is 0 Å². The van der Waals surface area contributed by atoms with E-state index in [1.807, 2.05) is 24.5 Å². The molecule has 1 aromatic heterocycles. The van der Waals surface area contributed by atoms with E-state index in [0.29, 0.717) is 6.54 Å². The molecular formula is C15H16N2O. The Labute approximate surface area is 107 Å². The van der Waals surface area contributed by atoms with E-state index in [4.69, 9.17) is 0 Å². The van der Waals surface area contributed by atoms with Crippen LogP contribution < -0.4 is 0 Å². The first-order valence-electron chi connectivity index (χ1n) is 5.93. The predicted molar refractivity (Wildman–Crippen MR) is 72.3 cm³/mol. The number of aliphatic imine (C=N–C) groups is 1. The Morgan fingerprint density at radius 1 is 1.28 bits per heavy atom. The Balaban J connectivity index is 2.56. The summed E-state index contributed by atoms with van der Waals surface area (Å²) in [4.78, 5) is 18.0. The highest BCUT2D eigenvalue weighted by Gasteiger charge is 2.16. The summed E-state index contributed by atoms with van der Waals surface area (Å²) in [6, 6.07) is 6.10. The van der Waals surface area contributed by atoms with Crippen molar-refractivity contribution in [2.75, 3.05) is 0 Å². The Bertz CT molecular complexity index is 620. The summed E-state index contributed by atoms with van der Waals surface area (Å²) in [6.45, 7) is 6.90. The van der Waals surface area contributed by atoms with Crippen LogP contribution in [0.2, 0.25) is 0 Å². The minimum atomic E-state index is 0.0645. The van der Waals surface area contributed by atoms with Gasteiger partial charge in [0.25, 0.3) is 0 Å². The summed E-state index contributed by atoms with van der Waals surface area (Å²) in [5.74, 6) is 0. The molecule has 3 nitrogen and oxygen atoms in total. The topological polar surface area (TPSA) is 42.3 Å². The minimum Gasteiger partial charge on any atom is -0.264 e. The van der Waals surface area contributed by atoms with E-state index < -0.39 is 0 Å². The van der Waals surface area contributed by atoms with Crippen molar-refractivity contribution in [3.8, 4) is 0 Å². The highest BCUT2D eigenvalue weighted by atomic mass is 16.1. The van der Waals surface area contributed by atoms with E-state index in [-0.39, 0.29) is 5.41 Å². The molecule has 2 aromatic rings. The van der Waals surface area contributed by atoms with Crippen molar-refractivity contribution in [2.45, 2.75) is 32.7 Å². The number of isocyanates is 1. The van der Waals surface area contributed by atoms with E-state index in [1.165, 1.54) is 10.9 Å². The van der Waals surface area contributed by atoms with Crippen molar-refractivity contribution < 1.29 is 4.79 Å². The molecule has 2 rings (SSSR count). The number of nitrogens with zero attached hydrogens (tertiary/aromatic N) is 2. The van der Waals surface area contributed by atoms with Gasteiger partial charge < -0.3 is 0 Å². The van der Waals surface area contributed by atoms with E-state index in [0.717, 1.165) is 10.9 Å². The van der Waals surface area contributed by atoms with E-state index in [2.05, 4.69) is 36.8 Å². The van der Waals surface area contributed by atoms with Crippen molar-refractivity contribution >= 4 is 16.9 Å². The van der Waals surface area contributed by atoms with Crippen LogP contribution >= 0.6 is 0 Å². The first-order valence-corrected chi connectivity index (χ1v) is 5.93. The second-order valence-electron chi connectivity index (χ2n) is 5.40. The molecule has 1 heterocycles. The fourth-order valence-corrected chi connectivity index (χ4v) is 2.05. The monoisotopic (exact) mass is 240 g/mol. The molecule has 1 aromatic carbocycles. The third-order valence-corrected chi connectivity index (χ3v) is 2.96. The van der Waals surface area contributed by atoms with E-state index in [1.54, 1.807) is 6.08 Å². The molecule has 0 aliphatic heterocycles. The lowest BCUT2D eigenvalue weighted by molar-refractivity contribution is 0.563. The van der Waals surface area contributed by atoms with Gasteiger partial charge in [-0.05, 0) is 28.0 Å². The number of aromatic nitrogens is 1. The zero-order valence-electron chi connectivity index (χ0n) is 10.9. The van der Waals surface area contributed by atoms with Gasteiger partial charge in [0.15, 0.2) is 0 Å². The Kier molecular flexibility index (Phi) is 3.26. The Morgan fingerprint density at radius 2 is 2.06 bits per heavy atom. The van der Waals surface area contributed by atoms with Crippen LogP contribution in [0.25, 0.3) is 10.8 Å². The van der Waals surface area contributed by atoms with Gasteiger partial charge in [-0.25, -0.2) is 9.79 Å². The lowest BCUT2D eigenvalue weighted by Crippen LogP contribution is -2.12. The Hall–Kier alpha value is -1.99. The van der Waals surface area contributed by atoms with Crippen molar-refractivity contribution in [1.82, 2.24) is 4.98 Å². The van der Waals surface area contributed by atoms with Gasteiger partial charge in [-0.15, -0.1) is 0 Å². The third kappa shape index (κ3) is 2.47. The van der Waals surface area contributed by atoms with Gasteiger partial charge in [0.1, 0.15) is 0 Å². The van der Waals surface area contributed by atoms with Gasteiger partial charge in [-0.1, -0.05) is 32.9 Å². The van der Waals surface area contributed by atoms with Gasteiger partial charge in [0.2, 0.25) is 6.08 Å². The smallest absolute Gasteiger partial charge is 0.235 e. The summed E-state index contributed by atoms with van der Waals surface area (Å²) < 4.78 is 0. The normalized spacial score (nSPS) is 11.3. The molecule has 0 aliphatic carbocycles. The first kappa shape index (κ1) is 12.5. The molecule has 92 valence electrons. The zero-order valence-corrected chi connectivity index (χ0v) is 10.9. The van der Waals surface area contributed by atoms with Gasteiger partial charge in [-0.3, -0.25) is 4.98 Å². The van der Waals surface area contributed by atoms with E-state index >= 15 is 0 Å². The molecule has 0 spiro atoms. The number of fused-ring (bicyclic) bond motifs is 1. The van der Waals surface area contributed by atoms with Crippen molar-refractivity contribution in [3.63, 3.8) is 0 Å². The number of rotatable bonds is 2. The molecular weight excluding hydrogens is 224 g/mol. The number of carbonyl (C=O) groups excluding carboxylic acids is 1. The zero-order chi connectivity index (χ0) is 13.2. The molecule has 0 bridgehead atoms. The summed E-state index contributed by atoms with van der Waals surface area (Å²) in [5, 5.41) is 2.29. The van der Waals surface area contributed by atoms with Crippen molar-refractivity contribution in [1.29, 1.82) is 0 Å². The van der Waals surface area contributed by atoms with Crippen molar-refractivity contribution in [3.05, 3.63) is 41.7 Å². The minimum absolute atomic E-state index is 0.0645. The molecule has 3 heteroatoms. The van der Waals surface area contributed by atoms with Crippen LogP contribution in [0.15, 0.2) is 35.6 Å². The summed E-state index contributed by atoms with van der Waals surface area (Å²) in [6.07, 6.45) is 5.33. The van der Waals surface area contributed by atoms with Crippen LogP contribution in [0.1, 0.15) is 31.9 Å². The quantitative estimate of drug-likeness (QED) is 0.596. The van der Waals surface area contributed by atoms with Crippen LogP contribution in [0.4, 0.5) is 0 Å². The highest BCUT2D eigenvalue weighted by Crippen LogP contribution is 2.29. The maximum atomic E-state index is 10.1. The Morgan fingerprint density at radius 3 is 2.72 bits per heavy atom.